The first kappa shape index (κ1) is 51.0. The molecule has 6 heterocycles. The van der Waals surface area contributed by atoms with Gasteiger partial charge in [-0.3, -0.25) is 15.0 Å². The molecule has 0 fully saturated rings. The Balaban J connectivity index is 0.822. The standard InChI is InChI=1S/C81H54N6/c1-4-25-64(26-5-1)85-76-37-19-10-22-55(76)49-79(85)73-43-40-58(52-82-73)67-31-13-16-34-70(67)61-46-62(71-35-17-14-32-68(71)59-41-44-74(83-53-59)80-50-56-23-11-20-38-77(56)86(80)65-27-6-2-7-28-65)48-63(47-61)72-36-18-15-33-69(72)60-42-45-75(84-54-60)81-51-57-24-12-21-39-78(57)87(81)66-29-8-3-9-30-66/h1-54H. The summed E-state index contributed by atoms with van der Waals surface area (Å²) in [5.74, 6) is 0. The van der Waals surface area contributed by atoms with Crippen LogP contribution in [0.15, 0.2) is 328 Å². The van der Waals surface area contributed by atoms with Crippen molar-refractivity contribution in [2.24, 2.45) is 0 Å². The van der Waals surface area contributed by atoms with E-state index in [9.17, 15) is 0 Å². The minimum atomic E-state index is 0.899. The number of aromatic nitrogens is 6. The van der Waals surface area contributed by atoms with E-state index in [-0.39, 0.29) is 0 Å². The van der Waals surface area contributed by atoms with Crippen molar-refractivity contribution in [3.8, 4) is 118 Å². The number of nitrogens with zero attached hydrogens (tertiary/aromatic N) is 6. The number of rotatable bonds is 12. The highest BCUT2D eigenvalue weighted by atomic mass is 15.0. The lowest BCUT2D eigenvalue weighted by atomic mass is 9.86. The van der Waals surface area contributed by atoms with Crippen molar-refractivity contribution in [1.82, 2.24) is 28.7 Å². The second-order valence-corrected chi connectivity index (χ2v) is 22.0. The summed E-state index contributed by atoms with van der Waals surface area (Å²) in [6.45, 7) is 0. The second kappa shape index (κ2) is 21.8. The average molecular weight is 1110 g/mol. The van der Waals surface area contributed by atoms with Crippen LogP contribution in [0.1, 0.15) is 0 Å². The van der Waals surface area contributed by atoms with Crippen LogP contribution in [0.3, 0.4) is 0 Å². The van der Waals surface area contributed by atoms with Crippen molar-refractivity contribution in [3.63, 3.8) is 0 Å². The van der Waals surface area contributed by atoms with Gasteiger partial charge >= 0.3 is 0 Å². The van der Waals surface area contributed by atoms with Crippen LogP contribution in [-0.2, 0) is 0 Å². The molecule has 0 spiro atoms. The smallest absolute Gasteiger partial charge is 0.0870 e. The highest BCUT2D eigenvalue weighted by Gasteiger charge is 2.21. The van der Waals surface area contributed by atoms with E-state index in [0.717, 1.165) is 135 Å². The minimum Gasteiger partial charge on any atom is -0.308 e. The van der Waals surface area contributed by atoms with Gasteiger partial charge in [0, 0.05) is 68.5 Å². The zero-order valence-electron chi connectivity index (χ0n) is 47.4. The molecule has 6 nitrogen and oxygen atoms in total. The van der Waals surface area contributed by atoms with Gasteiger partial charge in [-0.1, -0.05) is 200 Å². The summed E-state index contributed by atoms with van der Waals surface area (Å²) >= 11 is 0. The Morgan fingerprint density at radius 1 is 0.195 bits per heavy atom. The third-order valence-electron chi connectivity index (χ3n) is 16.8. The summed E-state index contributed by atoms with van der Waals surface area (Å²) in [4.78, 5) is 15.7. The molecule has 0 radical (unpaired) electrons. The van der Waals surface area contributed by atoms with Crippen LogP contribution in [0.4, 0.5) is 0 Å². The maximum Gasteiger partial charge on any atom is 0.0870 e. The summed E-state index contributed by atoms with van der Waals surface area (Å²) in [7, 11) is 0. The van der Waals surface area contributed by atoms with Crippen molar-refractivity contribution in [2.45, 2.75) is 0 Å². The largest absolute Gasteiger partial charge is 0.308 e. The maximum absolute atomic E-state index is 5.24. The lowest BCUT2D eigenvalue weighted by molar-refractivity contribution is 1.11. The SMILES string of the molecule is c1ccc(-n2c(-c3ccc(-c4ccccc4-c4cc(-c5ccccc5-c5ccc(-c6cc7ccccc7n6-c6ccccc6)nc5)cc(-c5ccccc5-c5ccc(-c6cc7ccccc7n6-c6ccccc6)nc5)c4)cn3)cc3ccccc32)cc1. The fraction of sp³-hybridized carbons (Fsp3) is 0. The third-order valence-corrected chi connectivity index (χ3v) is 16.8. The predicted octanol–water partition coefficient (Wildman–Crippen LogP) is 20.7. The van der Waals surface area contributed by atoms with Crippen LogP contribution in [0.25, 0.3) is 151 Å². The van der Waals surface area contributed by atoms with E-state index in [1.165, 1.54) is 16.2 Å². The average Bonchev–Trinajstić information content (AvgIpc) is 3.53. The lowest BCUT2D eigenvalue weighted by Crippen LogP contribution is -1.98. The molecule has 0 aliphatic carbocycles. The Hall–Kier alpha value is -11.7. The molecule has 0 amide bonds. The molecule has 0 saturated carbocycles. The summed E-state index contributed by atoms with van der Waals surface area (Å²) < 4.78 is 6.92. The Kier molecular flexibility index (Phi) is 12.8. The molecule has 408 valence electrons. The molecule has 0 saturated heterocycles. The zero-order chi connectivity index (χ0) is 57.6. The first-order chi connectivity index (χ1) is 43.1. The van der Waals surface area contributed by atoms with Crippen molar-refractivity contribution >= 4 is 32.7 Å². The fourth-order valence-electron chi connectivity index (χ4n) is 12.8. The van der Waals surface area contributed by atoms with Crippen LogP contribution in [0.2, 0.25) is 0 Å². The van der Waals surface area contributed by atoms with Crippen LogP contribution in [0.5, 0.6) is 0 Å². The van der Waals surface area contributed by atoms with Crippen molar-refractivity contribution in [1.29, 1.82) is 0 Å². The minimum absolute atomic E-state index is 0.899. The molecule has 16 rings (SSSR count). The van der Waals surface area contributed by atoms with Crippen molar-refractivity contribution < 1.29 is 0 Å². The van der Waals surface area contributed by atoms with Gasteiger partial charge in [0.25, 0.3) is 0 Å². The van der Waals surface area contributed by atoms with Gasteiger partial charge < -0.3 is 13.7 Å². The quantitative estimate of drug-likeness (QED) is 0.122. The Labute approximate surface area is 504 Å². The summed E-state index contributed by atoms with van der Waals surface area (Å²) in [6.07, 6.45) is 6.09. The van der Waals surface area contributed by atoms with E-state index < -0.39 is 0 Å². The number of hydrogen-bond donors (Lipinski definition) is 0. The molecule has 0 aliphatic rings. The first-order valence-electron chi connectivity index (χ1n) is 29.5. The molecule has 0 aliphatic heterocycles. The highest BCUT2D eigenvalue weighted by Crippen LogP contribution is 2.44. The molecule has 0 unspecified atom stereocenters. The Morgan fingerprint density at radius 3 is 0.701 bits per heavy atom. The van der Waals surface area contributed by atoms with Gasteiger partial charge in [-0.05, 0) is 159 Å². The van der Waals surface area contributed by atoms with Crippen LogP contribution in [-0.4, -0.2) is 28.7 Å². The van der Waals surface area contributed by atoms with Gasteiger partial charge in [-0.15, -0.1) is 0 Å². The van der Waals surface area contributed by atoms with E-state index in [1.54, 1.807) is 0 Å². The van der Waals surface area contributed by atoms with Gasteiger partial charge in [0.2, 0.25) is 0 Å². The zero-order valence-corrected chi connectivity index (χ0v) is 47.4. The van der Waals surface area contributed by atoms with Gasteiger partial charge in [0.15, 0.2) is 0 Å². The molecule has 0 atom stereocenters. The molecule has 6 aromatic heterocycles. The van der Waals surface area contributed by atoms with Gasteiger partial charge in [-0.2, -0.15) is 0 Å². The van der Waals surface area contributed by atoms with E-state index in [2.05, 4.69) is 323 Å². The first-order valence-corrected chi connectivity index (χ1v) is 29.5. The summed E-state index contributed by atoms with van der Waals surface area (Å²) in [6, 6.07) is 110. The summed E-state index contributed by atoms with van der Waals surface area (Å²) in [5, 5.41) is 3.50. The van der Waals surface area contributed by atoms with E-state index in [1.807, 2.05) is 18.6 Å². The van der Waals surface area contributed by atoms with E-state index in [0.29, 0.717) is 0 Å². The molecular formula is C81H54N6. The van der Waals surface area contributed by atoms with Gasteiger partial charge in [0.1, 0.15) is 0 Å². The molecule has 0 bridgehead atoms. The third kappa shape index (κ3) is 9.30. The monoisotopic (exact) mass is 1110 g/mol. The van der Waals surface area contributed by atoms with Crippen LogP contribution < -0.4 is 0 Å². The number of pyridine rings is 3. The number of hydrogen-bond acceptors (Lipinski definition) is 3. The second-order valence-electron chi connectivity index (χ2n) is 22.0. The molecular weight excluding hydrogens is 1060 g/mol. The molecule has 87 heavy (non-hydrogen) atoms. The van der Waals surface area contributed by atoms with E-state index in [4.69, 9.17) is 15.0 Å². The van der Waals surface area contributed by atoms with E-state index >= 15 is 0 Å². The van der Waals surface area contributed by atoms with Gasteiger partial charge in [0.05, 0.1) is 50.7 Å². The number of para-hydroxylation sites is 6. The molecule has 0 N–H and O–H groups in total. The summed E-state index contributed by atoms with van der Waals surface area (Å²) in [5.41, 5.74) is 25.4. The van der Waals surface area contributed by atoms with Gasteiger partial charge in [-0.25, -0.2) is 0 Å². The lowest BCUT2D eigenvalue weighted by Gasteiger charge is -2.18. The van der Waals surface area contributed by atoms with Crippen LogP contribution in [0, 0.1) is 0 Å². The molecule has 16 aromatic rings. The van der Waals surface area contributed by atoms with Crippen LogP contribution >= 0.6 is 0 Å². The number of benzene rings is 10. The molecule has 10 aromatic carbocycles. The van der Waals surface area contributed by atoms with Crippen molar-refractivity contribution in [2.75, 3.05) is 0 Å². The normalized spacial score (nSPS) is 11.4. The Bertz CT molecular complexity index is 4640. The fourth-order valence-corrected chi connectivity index (χ4v) is 12.8. The predicted molar refractivity (Wildman–Crippen MR) is 359 cm³/mol. The Morgan fingerprint density at radius 2 is 0.437 bits per heavy atom. The van der Waals surface area contributed by atoms with Crippen molar-refractivity contribution in [3.05, 3.63) is 328 Å². The molecule has 6 heteroatoms. The number of fused-ring (bicyclic) bond motifs is 3. The highest BCUT2D eigenvalue weighted by molar-refractivity contribution is 5.96. The topological polar surface area (TPSA) is 53.5 Å². The maximum atomic E-state index is 5.24.